The molecule has 0 heterocycles. The molecule has 2 heteroatoms. The van der Waals surface area contributed by atoms with E-state index in [1.54, 1.807) is 0 Å². The maximum atomic E-state index is 13.3. The van der Waals surface area contributed by atoms with Crippen LogP contribution < -0.4 is 0 Å². The fourth-order valence-electron chi connectivity index (χ4n) is 5.91. The molecule has 2 aromatic carbocycles. The van der Waals surface area contributed by atoms with Gasteiger partial charge in [-0.1, -0.05) is 69.1 Å². The van der Waals surface area contributed by atoms with Crippen LogP contribution >= 0.6 is 0 Å². The molecule has 4 rings (SSSR count). The van der Waals surface area contributed by atoms with Crippen molar-refractivity contribution in [3.63, 3.8) is 0 Å². The first-order valence-corrected chi connectivity index (χ1v) is 13.7. The minimum atomic E-state index is -0.873. The Balaban J connectivity index is 1.22. The van der Waals surface area contributed by atoms with Crippen LogP contribution in [0.25, 0.3) is 0 Å². The average molecular weight is 473 g/mol. The van der Waals surface area contributed by atoms with E-state index in [2.05, 4.69) is 30.6 Å². The van der Waals surface area contributed by atoms with Gasteiger partial charge in [-0.3, -0.25) is 0 Å². The fourth-order valence-corrected chi connectivity index (χ4v) is 5.91. The first-order valence-electron chi connectivity index (χ1n) is 13.7. The number of hydrogen-bond donors (Lipinski definition) is 0. The molecule has 2 aromatic rings. The molecule has 2 saturated carbocycles. The molecule has 0 saturated heterocycles. The van der Waals surface area contributed by atoms with Crippen molar-refractivity contribution < 1.29 is 8.78 Å². The summed E-state index contributed by atoms with van der Waals surface area (Å²) in [5.41, 5.74) is 2.30. The molecule has 184 valence electrons. The first kappa shape index (κ1) is 25.5. The topological polar surface area (TPSA) is 0 Å². The van der Waals surface area contributed by atoms with Crippen molar-refractivity contribution in [2.45, 2.75) is 84.0 Å². The highest BCUT2D eigenvalue weighted by molar-refractivity contribution is 5.46. The molecule has 0 atom stereocenters. The zero-order valence-corrected chi connectivity index (χ0v) is 21.1. The van der Waals surface area contributed by atoms with Crippen LogP contribution in [0.2, 0.25) is 0 Å². The van der Waals surface area contributed by atoms with E-state index >= 15 is 0 Å². The predicted octanol–water partition coefficient (Wildman–Crippen LogP) is 8.91. The second-order valence-electron chi connectivity index (χ2n) is 10.6. The summed E-state index contributed by atoms with van der Waals surface area (Å²) in [5.74, 6) is 14.5. The average Bonchev–Trinajstić information content (AvgIpc) is 2.90. The molecule has 0 aliphatic heterocycles. The van der Waals surface area contributed by atoms with E-state index in [0.717, 1.165) is 41.0 Å². The Labute approximate surface area is 210 Å². The molecule has 2 fully saturated rings. The highest BCUT2D eigenvalue weighted by Crippen LogP contribution is 2.42. The lowest BCUT2D eigenvalue weighted by Gasteiger charge is -2.37. The number of hydrogen-bond acceptors (Lipinski definition) is 0. The third-order valence-electron chi connectivity index (χ3n) is 8.12. The summed E-state index contributed by atoms with van der Waals surface area (Å²) >= 11 is 0. The Bertz CT molecular complexity index is 1060. The summed E-state index contributed by atoms with van der Waals surface area (Å²) in [4.78, 5) is 0. The van der Waals surface area contributed by atoms with Gasteiger partial charge in [0.15, 0.2) is 11.6 Å². The smallest absolute Gasteiger partial charge is 0.160 e. The molecule has 0 radical (unpaired) electrons. The van der Waals surface area contributed by atoms with E-state index < -0.39 is 11.6 Å². The maximum Gasteiger partial charge on any atom is 0.160 e. The van der Waals surface area contributed by atoms with Crippen molar-refractivity contribution in [2.24, 2.45) is 23.7 Å². The van der Waals surface area contributed by atoms with Gasteiger partial charge in [-0.25, -0.2) is 8.78 Å². The molecule has 35 heavy (non-hydrogen) atoms. The van der Waals surface area contributed by atoms with Gasteiger partial charge in [-0.05, 0) is 98.7 Å². The van der Waals surface area contributed by atoms with E-state index in [4.69, 9.17) is 0 Å². The number of halogens is 2. The highest BCUT2D eigenvalue weighted by atomic mass is 19.2. The molecule has 0 aromatic heterocycles. The van der Waals surface area contributed by atoms with Gasteiger partial charge in [0.2, 0.25) is 0 Å². The van der Waals surface area contributed by atoms with Gasteiger partial charge in [0.25, 0.3) is 0 Å². The van der Waals surface area contributed by atoms with Gasteiger partial charge in [-0.2, -0.15) is 0 Å². The molecule has 0 nitrogen and oxygen atoms in total. The van der Waals surface area contributed by atoms with E-state index in [9.17, 15) is 8.78 Å². The Morgan fingerprint density at radius 1 is 0.657 bits per heavy atom. The Hall–Kier alpha value is -2.58. The van der Waals surface area contributed by atoms with Gasteiger partial charge in [0.05, 0.1) is 0 Å². The van der Waals surface area contributed by atoms with Crippen LogP contribution in [-0.2, 0) is 0 Å². The minimum Gasteiger partial charge on any atom is -0.204 e. The molecule has 0 unspecified atom stereocenters. The second-order valence-corrected chi connectivity index (χ2v) is 10.6. The van der Waals surface area contributed by atoms with Crippen molar-refractivity contribution >= 4 is 0 Å². The van der Waals surface area contributed by atoms with Crippen LogP contribution in [0.15, 0.2) is 42.5 Å². The van der Waals surface area contributed by atoms with Gasteiger partial charge in [0.1, 0.15) is 0 Å². The van der Waals surface area contributed by atoms with E-state index in [0.29, 0.717) is 11.5 Å². The van der Waals surface area contributed by atoms with Crippen molar-refractivity contribution in [3.8, 4) is 23.7 Å². The summed E-state index contributed by atoms with van der Waals surface area (Å²) < 4.78 is 26.4. The van der Waals surface area contributed by atoms with Crippen LogP contribution in [0.1, 0.15) is 101 Å². The third kappa shape index (κ3) is 7.70. The fraction of sp³-hybridized carbons (Fsp3) is 0.515. The zero-order chi connectivity index (χ0) is 24.5. The molecular formula is C33H38F2. The van der Waals surface area contributed by atoms with Crippen LogP contribution in [0.4, 0.5) is 8.78 Å². The lowest BCUT2D eigenvalue weighted by molar-refractivity contribution is 0.153. The van der Waals surface area contributed by atoms with Gasteiger partial charge >= 0.3 is 0 Å². The van der Waals surface area contributed by atoms with Crippen molar-refractivity contribution in [3.05, 3.63) is 70.8 Å². The summed E-state index contributed by atoms with van der Waals surface area (Å²) in [7, 11) is 0. The minimum absolute atomic E-state index is 0.461. The summed E-state index contributed by atoms with van der Waals surface area (Å²) in [5, 5.41) is 0. The standard InChI is InChI=1S/C33H38F2/c1-2-3-4-5-25-14-19-30(20-15-25)31-21-16-28(17-22-31)11-10-26-6-8-27(9-7-26)12-13-29-18-23-32(34)33(35)24-29/h6-9,18,23-25,28,30-31H,2-5,14-17,19-22H2,1H3. The molecule has 2 aliphatic carbocycles. The Morgan fingerprint density at radius 2 is 1.23 bits per heavy atom. The Kier molecular flexibility index (Phi) is 9.42. The predicted molar refractivity (Wildman–Crippen MR) is 141 cm³/mol. The quantitative estimate of drug-likeness (QED) is 0.301. The number of rotatable bonds is 5. The van der Waals surface area contributed by atoms with Gasteiger partial charge < -0.3 is 0 Å². The zero-order valence-electron chi connectivity index (χ0n) is 21.1. The van der Waals surface area contributed by atoms with Crippen LogP contribution in [-0.4, -0.2) is 0 Å². The SMILES string of the molecule is CCCCCC1CCC(C2CCC(C#Cc3ccc(C#Cc4ccc(F)c(F)c4)cc3)CC2)CC1. The van der Waals surface area contributed by atoms with Crippen LogP contribution in [0.5, 0.6) is 0 Å². The van der Waals surface area contributed by atoms with Crippen molar-refractivity contribution in [2.75, 3.05) is 0 Å². The van der Waals surface area contributed by atoms with Gasteiger partial charge in [-0.15, -0.1) is 0 Å². The maximum absolute atomic E-state index is 13.3. The second kappa shape index (κ2) is 12.9. The summed E-state index contributed by atoms with van der Waals surface area (Å²) in [6.07, 6.45) is 16.7. The molecule has 2 aliphatic rings. The largest absolute Gasteiger partial charge is 0.204 e. The Morgan fingerprint density at radius 3 is 1.86 bits per heavy atom. The van der Waals surface area contributed by atoms with Gasteiger partial charge in [0, 0.05) is 22.6 Å². The van der Waals surface area contributed by atoms with E-state index in [1.165, 1.54) is 83.1 Å². The molecular weight excluding hydrogens is 434 g/mol. The summed E-state index contributed by atoms with van der Waals surface area (Å²) in [6.45, 7) is 2.30. The van der Waals surface area contributed by atoms with Crippen molar-refractivity contribution in [1.82, 2.24) is 0 Å². The normalized spacial score (nSPS) is 24.1. The number of benzene rings is 2. The van der Waals surface area contributed by atoms with E-state index in [-0.39, 0.29) is 0 Å². The lowest BCUT2D eigenvalue weighted by atomic mass is 9.69. The monoisotopic (exact) mass is 472 g/mol. The molecule has 0 N–H and O–H groups in total. The van der Waals surface area contributed by atoms with Crippen LogP contribution in [0, 0.1) is 59.0 Å². The van der Waals surface area contributed by atoms with Crippen molar-refractivity contribution in [1.29, 1.82) is 0 Å². The lowest BCUT2D eigenvalue weighted by Crippen LogP contribution is -2.25. The van der Waals surface area contributed by atoms with Crippen LogP contribution in [0.3, 0.4) is 0 Å². The summed E-state index contributed by atoms with van der Waals surface area (Å²) in [6, 6.07) is 11.6. The molecule has 0 spiro atoms. The van der Waals surface area contributed by atoms with E-state index in [1.807, 2.05) is 24.3 Å². The molecule has 0 amide bonds. The molecule has 0 bridgehead atoms. The third-order valence-corrected chi connectivity index (χ3v) is 8.12. The first-order chi connectivity index (χ1) is 17.1. The highest BCUT2D eigenvalue weighted by Gasteiger charge is 2.30. The number of unbranched alkanes of at least 4 members (excludes halogenated alkanes) is 2.